The lowest BCUT2D eigenvalue weighted by Gasteiger charge is -2.15. The third-order valence-electron chi connectivity index (χ3n) is 5.33. The summed E-state index contributed by atoms with van der Waals surface area (Å²) in [5.41, 5.74) is 2.71. The van der Waals surface area contributed by atoms with E-state index in [2.05, 4.69) is 12.2 Å². The standard InChI is InChI=1S/C22H22N2O4/c1-13-10-14-6-4-7-15-20(14)24(13)12-17(21(15)25)22(26)23-11-16-18(27-2)8-5-9-19(16)28-3/h4-9,12-13H,10-11H2,1-3H3,(H,23,26). The first-order valence-electron chi connectivity index (χ1n) is 9.20. The predicted molar refractivity (Wildman–Crippen MR) is 107 cm³/mol. The van der Waals surface area contributed by atoms with Crippen LogP contribution in [0.25, 0.3) is 10.9 Å². The highest BCUT2D eigenvalue weighted by molar-refractivity contribution is 5.98. The Bertz CT molecular complexity index is 1110. The molecule has 28 heavy (non-hydrogen) atoms. The first-order chi connectivity index (χ1) is 13.5. The van der Waals surface area contributed by atoms with Crippen LogP contribution in [0, 0.1) is 0 Å². The highest BCUT2D eigenvalue weighted by Crippen LogP contribution is 2.31. The predicted octanol–water partition coefficient (Wildman–Crippen LogP) is 3.07. The van der Waals surface area contributed by atoms with Gasteiger partial charge >= 0.3 is 0 Å². The molecule has 1 atom stereocenters. The summed E-state index contributed by atoms with van der Waals surface area (Å²) in [7, 11) is 3.13. The lowest BCUT2D eigenvalue weighted by atomic mass is 10.1. The summed E-state index contributed by atoms with van der Waals surface area (Å²) in [6, 6.07) is 11.3. The summed E-state index contributed by atoms with van der Waals surface area (Å²) < 4.78 is 12.8. The van der Waals surface area contributed by atoms with Crippen molar-refractivity contribution in [2.24, 2.45) is 0 Å². The summed E-state index contributed by atoms with van der Waals surface area (Å²) >= 11 is 0. The van der Waals surface area contributed by atoms with Gasteiger partial charge in [-0.3, -0.25) is 9.59 Å². The van der Waals surface area contributed by atoms with Gasteiger partial charge < -0.3 is 19.4 Å². The zero-order valence-corrected chi connectivity index (χ0v) is 16.1. The van der Waals surface area contributed by atoms with Crippen LogP contribution in [-0.2, 0) is 13.0 Å². The fraction of sp³-hybridized carbons (Fsp3) is 0.273. The fourth-order valence-electron chi connectivity index (χ4n) is 3.94. The Balaban J connectivity index is 1.69. The van der Waals surface area contributed by atoms with E-state index in [9.17, 15) is 9.59 Å². The topological polar surface area (TPSA) is 69.6 Å². The molecular formula is C22H22N2O4. The number of aromatic nitrogens is 1. The summed E-state index contributed by atoms with van der Waals surface area (Å²) in [5.74, 6) is 0.826. The molecule has 0 radical (unpaired) electrons. The average molecular weight is 378 g/mol. The molecule has 0 aliphatic carbocycles. The molecule has 4 rings (SSSR count). The van der Waals surface area contributed by atoms with Crippen molar-refractivity contribution in [3.8, 4) is 11.5 Å². The van der Waals surface area contributed by atoms with E-state index >= 15 is 0 Å². The number of para-hydroxylation sites is 1. The van der Waals surface area contributed by atoms with Crippen LogP contribution in [0.15, 0.2) is 47.4 Å². The lowest BCUT2D eigenvalue weighted by Crippen LogP contribution is -2.29. The van der Waals surface area contributed by atoms with Gasteiger partial charge in [0.15, 0.2) is 0 Å². The maximum Gasteiger partial charge on any atom is 0.257 e. The molecule has 0 saturated heterocycles. The van der Waals surface area contributed by atoms with Gasteiger partial charge in [-0.1, -0.05) is 18.2 Å². The van der Waals surface area contributed by atoms with E-state index in [4.69, 9.17) is 9.47 Å². The van der Waals surface area contributed by atoms with Gasteiger partial charge in [-0.05, 0) is 37.1 Å². The number of carbonyl (C=O) groups excluding carboxylic acids is 1. The first kappa shape index (κ1) is 18.1. The fourth-order valence-corrected chi connectivity index (χ4v) is 3.94. The molecule has 0 saturated carbocycles. The summed E-state index contributed by atoms with van der Waals surface area (Å²) in [6.45, 7) is 2.28. The number of carbonyl (C=O) groups is 1. The largest absolute Gasteiger partial charge is 0.496 e. The molecule has 2 heterocycles. The lowest BCUT2D eigenvalue weighted by molar-refractivity contribution is 0.0948. The van der Waals surface area contributed by atoms with Crippen molar-refractivity contribution in [3.63, 3.8) is 0 Å². The smallest absolute Gasteiger partial charge is 0.257 e. The van der Waals surface area contributed by atoms with E-state index in [0.29, 0.717) is 16.9 Å². The number of nitrogens with zero attached hydrogens (tertiary/aromatic N) is 1. The molecule has 0 bridgehead atoms. The van der Waals surface area contributed by atoms with E-state index in [-0.39, 0.29) is 23.6 Å². The molecule has 0 spiro atoms. The van der Waals surface area contributed by atoms with Crippen molar-refractivity contribution >= 4 is 16.8 Å². The third kappa shape index (κ3) is 2.81. The molecule has 1 unspecified atom stereocenters. The Kier molecular flexibility index (Phi) is 4.55. The van der Waals surface area contributed by atoms with E-state index in [1.54, 1.807) is 38.6 Å². The number of hydrogen-bond donors (Lipinski definition) is 1. The molecule has 1 amide bonds. The van der Waals surface area contributed by atoms with Gasteiger partial charge in [0, 0.05) is 17.6 Å². The van der Waals surface area contributed by atoms with Gasteiger partial charge in [0.1, 0.15) is 17.1 Å². The van der Waals surface area contributed by atoms with Crippen molar-refractivity contribution in [1.82, 2.24) is 9.88 Å². The van der Waals surface area contributed by atoms with Crippen molar-refractivity contribution in [2.75, 3.05) is 14.2 Å². The van der Waals surface area contributed by atoms with Gasteiger partial charge in [0.25, 0.3) is 5.91 Å². The van der Waals surface area contributed by atoms with Crippen LogP contribution in [-0.4, -0.2) is 24.7 Å². The molecule has 2 aromatic carbocycles. The van der Waals surface area contributed by atoms with Gasteiger partial charge in [0.05, 0.1) is 31.8 Å². The molecule has 1 aliphatic heterocycles. The van der Waals surface area contributed by atoms with Crippen molar-refractivity contribution in [1.29, 1.82) is 0 Å². The van der Waals surface area contributed by atoms with Crippen LogP contribution >= 0.6 is 0 Å². The average Bonchev–Trinajstić information content (AvgIpc) is 3.04. The minimum atomic E-state index is -0.409. The van der Waals surface area contributed by atoms with Crippen LogP contribution in [0.2, 0.25) is 0 Å². The second-order valence-corrected chi connectivity index (χ2v) is 6.97. The van der Waals surface area contributed by atoms with Crippen molar-refractivity contribution < 1.29 is 14.3 Å². The zero-order valence-electron chi connectivity index (χ0n) is 16.1. The van der Waals surface area contributed by atoms with Crippen LogP contribution in [0.4, 0.5) is 0 Å². The maximum atomic E-state index is 12.9. The highest BCUT2D eigenvalue weighted by Gasteiger charge is 2.24. The zero-order chi connectivity index (χ0) is 19.8. The normalized spacial score (nSPS) is 14.9. The van der Waals surface area contributed by atoms with E-state index in [0.717, 1.165) is 23.1 Å². The number of hydrogen-bond acceptors (Lipinski definition) is 4. The molecule has 1 aromatic heterocycles. The Labute approximate surface area is 162 Å². The van der Waals surface area contributed by atoms with E-state index < -0.39 is 5.91 Å². The second-order valence-electron chi connectivity index (χ2n) is 6.97. The molecular weight excluding hydrogens is 356 g/mol. The highest BCUT2D eigenvalue weighted by atomic mass is 16.5. The van der Waals surface area contributed by atoms with Crippen molar-refractivity contribution in [3.05, 3.63) is 69.5 Å². The minimum Gasteiger partial charge on any atom is -0.496 e. The Morgan fingerprint density at radius 2 is 1.82 bits per heavy atom. The Morgan fingerprint density at radius 1 is 1.14 bits per heavy atom. The quantitative estimate of drug-likeness (QED) is 0.741. The van der Waals surface area contributed by atoms with Crippen LogP contribution in [0.3, 0.4) is 0 Å². The first-order valence-corrected chi connectivity index (χ1v) is 9.20. The van der Waals surface area contributed by atoms with Gasteiger partial charge in [0.2, 0.25) is 5.43 Å². The third-order valence-corrected chi connectivity index (χ3v) is 5.33. The molecule has 1 aliphatic rings. The maximum absolute atomic E-state index is 12.9. The van der Waals surface area contributed by atoms with Crippen LogP contribution in [0.1, 0.15) is 34.5 Å². The van der Waals surface area contributed by atoms with Crippen LogP contribution < -0.4 is 20.2 Å². The molecule has 144 valence electrons. The van der Waals surface area contributed by atoms with Gasteiger partial charge in [-0.25, -0.2) is 0 Å². The molecule has 1 N–H and O–H groups in total. The SMILES string of the molecule is COc1cccc(OC)c1CNC(=O)c1cn2c3c(cccc3c1=O)CC2C. The van der Waals surface area contributed by atoms with Crippen molar-refractivity contribution in [2.45, 2.75) is 25.9 Å². The number of rotatable bonds is 5. The van der Waals surface area contributed by atoms with Gasteiger partial charge in [-0.15, -0.1) is 0 Å². The molecule has 3 aromatic rings. The monoisotopic (exact) mass is 378 g/mol. The van der Waals surface area contributed by atoms with Crippen LogP contribution in [0.5, 0.6) is 11.5 Å². The molecule has 0 fully saturated rings. The minimum absolute atomic E-state index is 0.146. The van der Waals surface area contributed by atoms with E-state index in [1.807, 2.05) is 22.8 Å². The number of pyridine rings is 1. The Morgan fingerprint density at radius 3 is 2.50 bits per heavy atom. The number of benzene rings is 2. The number of amides is 1. The second kappa shape index (κ2) is 7.03. The molecule has 6 nitrogen and oxygen atoms in total. The summed E-state index contributed by atoms with van der Waals surface area (Å²) in [5, 5.41) is 3.43. The summed E-state index contributed by atoms with van der Waals surface area (Å²) in [4.78, 5) is 25.8. The Hall–Kier alpha value is -3.28. The number of nitrogens with one attached hydrogen (secondary N) is 1. The number of methoxy groups -OCH3 is 2. The van der Waals surface area contributed by atoms with E-state index in [1.165, 1.54) is 0 Å². The molecule has 6 heteroatoms. The van der Waals surface area contributed by atoms with Gasteiger partial charge in [-0.2, -0.15) is 0 Å². The summed E-state index contributed by atoms with van der Waals surface area (Å²) in [6.07, 6.45) is 2.54. The number of ether oxygens (including phenoxy) is 2.